The number of hydrogen-bond donors (Lipinski definition) is 0. The average Bonchev–Trinajstić information content (AvgIpc) is 2.42. The fourth-order valence-electron chi connectivity index (χ4n) is 1.75. The van der Waals surface area contributed by atoms with E-state index >= 15 is 0 Å². The van der Waals surface area contributed by atoms with Gasteiger partial charge in [-0.2, -0.15) is 13.2 Å². The molecule has 0 aromatic heterocycles. The van der Waals surface area contributed by atoms with Crippen LogP contribution in [0.3, 0.4) is 0 Å². The summed E-state index contributed by atoms with van der Waals surface area (Å²) in [6, 6.07) is 14.8. The third-order valence-corrected chi connectivity index (χ3v) is 3.57. The van der Waals surface area contributed by atoms with Gasteiger partial charge in [-0.05, 0) is 43.2 Å². The molecule has 0 bridgehead atoms. The fourth-order valence-corrected chi connectivity index (χ4v) is 2.32. The largest absolute Gasteiger partial charge is 0.457 e. The van der Waals surface area contributed by atoms with E-state index in [9.17, 15) is 13.2 Å². The van der Waals surface area contributed by atoms with Crippen molar-refractivity contribution in [2.75, 3.05) is 5.75 Å². The van der Waals surface area contributed by atoms with Crippen LogP contribution in [0.2, 0.25) is 0 Å². The number of aryl methyl sites for hydroxylation is 2. The van der Waals surface area contributed by atoms with Gasteiger partial charge in [-0.25, -0.2) is 0 Å². The van der Waals surface area contributed by atoms with Crippen molar-refractivity contribution in [2.24, 2.45) is 0 Å². The second-order valence-electron chi connectivity index (χ2n) is 4.60. The van der Waals surface area contributed by atoms with Gasteiger partial charge >= 0.3 is 5.51 Å². The molecule has 0 atom stereocenters. The van der Waals surface area contributed by atoms with Gasteiger partial charge < -0.3 is 4.74 Å². The molecule has 0 saturated heterocycles. The van der Waals surface area contributed by atoms with Crippen molar-refractivity contribution in [3.63, 3.8) is 0 Å². The smallest absolute Gasteiger partial charge is 0.441 e. The highest BCUT2D eigenvalue weighted by atomic mass is 32.2. The summed E-state index contributed by atoms with van der Waals surface area (Å²) in [5, 5.41) is 0. The molecule has 112 valence electrons. The molecule has 0 aliphatic heterocycles. The van der Waals surface area contributed by atoms with E-state index in [0.29, 0.717) is 12.2 Å². The number of benzene rings is 2. The summed E-state index contributed by atoms with van der Waals surface area (Å²) in [5.74, 6) is 1.44. The SMILES string of the molecule is Cc1ccc(Oc2ccc(CCSC(F)(F)F)cc2)cc1. The molecular weight excluding hydrogens is 297 g/mol. The minimum Gasteiger partial charge on any atom is -0.457 e. The predicted molar refractivity (Wildman–Crippen MR) is 79.9 cm³/mol. The van der Waals surface area contributed by atoms with E-state index in [0.717, 1.165) is 16.9 Å². The van der Waals surface area contributed by atoms with Gasteiger partial charge in [0.1, 0.15) is 11.5 Å². The number of thioether (sulfide) groups is 1. The van der Waals surface area contributed by atoms with E-state index in [2.05, 4.69) is 0 Å². The minimum absolute atomic E-state index is 0.00531. The highest BCUT2D eigenvalue weighted by Gasteiger charge is 2.27. The molecule has 0 unspecified atom stereocenters. The van der Waals surface area contributed by atoms with E-state index in [1.165, 1.54) is 0 Å². The summed E-state index contributed by atoms with van der Waals surface area (Å²) in [7, 11) is 0. The van der Waals surface area contributed by atoms with E-state index in [1.807, 2.05) is 31.2 Å². The maximum atomic E-state index is 12.0. The van der Waals surface area contributed by atoms with Gasteiger partial charge in [-0.3, -0.25) is 0 Å². The Labute approximate surface area is 126 Å². The molecule has 0 saturated carbocycles. The first kappa shape index (κ1) is 15.8. The number of hydrogen-bond acceptors (Lipinski definition) is 2. The van der Waals surface area contributed by atoms with Gasteiger partial charge in [0, 0.05) is 5.75 Å². The molecule has 0 fully saturated rings. The zero-order chi connectivity index (χ0) is 15.3. The molecule has 2 rings (SSSR count). The van der Waals surface area contributed by atoms with Crippen molar-refractivity contribution in [1.82, 2.24) is 0 Å². The number of halogens is 3. The molecule has 2 aromatic carbocycles. The van der Waals surface area contributed by atoms with Crippen LogP contribution in [0.5, 0.6) is 11.5 Å². The molecule has 0 spiro atoms. The molecule has 5 heteroatoms. The Bertz CT molecular complexity index is 562. The summed E-state index contributed by atoms with van der Waals surface area (Å²) in [5.41, 5.74) is -2.14. The third kappa shape index (κ3) is 5.71. The lowest BCUT2D eigenvalue weighted by Crippen LogP contribution is -2.02. The normalized spacial score (nSPS) is 11.4. The highest BCUT2D eigenvalue weighted by Crippen LogP contribution is 2.30. The van der Waals surface area contributed by atoms with Gasteiger partial charge in [-0.1, -0.05) is 41.6 Å². The highest BCUT2D eigenvalue weighted by molar-refractivity contribution is 8.00. The Kier molecular flexibility index (Phi) is 5.17. The van der Waals surface area contributed by atoms with Crippen LogP contribution >= 0.6 is 11.8 Å². The lowest BCUT2D eigenvalue weighted by molar-refractivity contribution is -0.0327. The molecule has 0 amide bonds. The van der Waals surface area contributed by atoms with Crippen LogP contribution in [0.1, 0.15) is 11.1 Å². The van der Waals surface area contributed by atoms with E-state index < -0.39 is 5.51 Å². The van der Waals surface area contributed by atoms with E-state index in [1.54, 1.807) is 24.3 Å². The first-order valence-corrected chi connectivity index (χ1v) is 7.45. The lowest BCUT2D eigenvalue weighted by Gasteiger charge is -2.08. The predicted octanol–water partition coefficient (Wildman–Crippen LogP) is 5.58. The van der Waals surface area contributed by atoms with Gasteiger partial charge in [0.25, 0.3) is 0 Å². The van der Waals surface area contributed by atoms with Crippen molar-refractivity contribution in [2.45, 2.75) is 18.9 Å². The summed E-state index contributed by atoms with van der Waals surface area (Å²) in [4.78, 5) is 0. The molecule has 2 aromatic rings. The third-order valence-electron chi connectivity index (χ3n) is 2.84. The van der Waals surface area contributed by atoms with Crippen molar-refractivity contribution in [3.05, 3.63) is 59.7 Å². The summed E-state index contributed by atoms with van der Waals surface area (Å²) in [6.07, 6.45) is 0.384. The number of rotatable bonds is 5. The molecule has 0 heterocycles. The van der Waals surface area contributed by atoms with E-state index in [-0.39, 0.29) is 17.5 Å². The second-order valence-corrected chi connectivity index (χ2v) is 5.76. The van der Waals surface area contributed by atoms with Crippen LogP contribution in [0.15, 0.2) is 48.5 Å². The standard InChI is InChI=1S/C16H15F3OS/c1-12-2-6-14(7-3-12)20-15-8-4-13(5-9-15)10-11-21-16(17,18)19/h2-9H,10-11H2,1H3. The number of ether oxygens (including phenoxy) is 1. The van der Waals surface area contributed by atoms with Gasteiger partial charge in [0.2, 0.25) is 0 Å². The average molecular weight is 312 g/mol. The van der Waals surface area contributed by atoms with Crippen LogP contribution < -0.4 is 4.74 Å². The molecular formula is C16H15F3OS. The molecule has 1 nitrogen and oxygen atoms in total. The molecule has 21 heavy (non-hydrogen) atoms. The molecule has 0 N–H and O–H groups in total. The van der Waals surface area contributed by atoms with Crippen molar-refractivity contribution in [1.29, 1.82) is 0 Å². The molecule has 0 aliphatic carbocycles. The Hall–Kier alpha value is -1.62. The fraction of sp³-hybridized carbons (Fsp3) is 0.250. The Morgan fingerprint density at radius 1 is 0.905 bits per heavy atom. The molecule has 0 radical (unpaired) electrons. The van der Waals surface area contributed by atoms with Crippen LogP contribution in [0.4, 0.5) is 13.2 Å². The quantitative estimate of drug-likeness (QED) is 0.712. The second kappa shape index (κ2) is 6.89. The summed E-state index contributed by atoms with van der Waals surface area (Å²) in [6.45, 7) is 2.00. The lowest BCUT2D eigenvalue weighted by atomic mass is 10.2. The van der Waals surface area contributed by atoms with Crippen LogP contribution in [-0.2, 0) is 6.42 Å². The summed E-state index contributed by atoms with van der Waals surface area (Å²) >= 11 is 0.00531. The van der Waals surface area contributed by atoms with Crippen molar-refractivity contribution < 1.29 is 17.9 Å². The maximum Gasteiger partial charge on any atom is 0.441 e. The van der Waals surface area contributed by atoms with Crippen LogP contribution in [-0.4, -0.2) is 11.3 Å². The Balaban J connectivity index is 1.88. The Morgan fingerprint density at radius 2 is 1.43 bits per heavy atom. The van der Waals surface area contributed by atoms with Gasteiger partial charge in [0.15, 0.2) is 0 Å². The van der Waals surface area contributed by atoms with Crippen LogP contribution in [0.25, 0.3) is 0 Å². The summed E-state index contributed by atoms with van der Waals surface area (Å²) < 4.78 is 41.8. The minimum atomic E-state index is -4.16. The first-order chi connectivity index (χ1) is 9.92. The van der Waals surface area contributed by atoms with Crippen LogP contribution in [0, 0.1) is 6.92 Å². The Morgan fingerprint density at radius 3 is 1.95 bits per heavy atom. The van der Waals surface area contributed by atoms with Crippen molar-refractivity contribution >= 4 is 11.8 Å². The number of alkyl halides is 3. The van der Waals surface area contributed by atoms with Gasteiger partial charge in [-0.15, -0.1) is 0 Å². The van der Waals surface area contributed by atoms with Crippen molar-refractivity contribution in [3.8, 4) is 11.5 Å². The zero-order valence-corrected chi connectivity index (χ0v) is 12.3. The van der Waals surface area contributed by atoms with E-state index in [4.69, 9.17) is 4.74 Å². The monoisotopic (exact) mass is 312 g/mol. The van der Waals surface area contributed by atoms with Gasteiger partial charge in [0.05, 0.1) is 0 Å². The topological polar surface area (TPSA) is 9.23 Å². The zero-order valence-electron chi connectivity index (χ0n) is 11.5. The molecule has 0 aliphatic rings. The maximum absolute atomic E-state index is 12.0. The first-order valence-electron chi connectivity index (χ1n) is 6.46.